The van der Waals surface area contributed by atoms with Gasteiger partial charge < -0.3 is 4.74 Å². The molecule has 0 saturated carbocycles. The maximum Gasteiger partial charge on any atom is 0.0632 e. The molecule has 3 rings (SSSR count). The molecule has 0 aromatic heterocycles. The quantitative estimate of drug-likeness (QED) is 0.546. The van der Waals surface area contributed by atoms with Gasteiger partial charge in [0, 0.05) is 45.4 Å². The summed E-state index contributed by atoms with van der Waals surface area (Å²) < 4.78 is 5.42. The van der Waals surface area contributed by atoms with Crippen molar-refractivity contribution < 1.29 is 4.74 Å². The summed E-state index contributed by atoms with van der Waals surface area (Å²) in [6.45, 7) is 8.71. The van der Waals surface area contributed by atoms with Crippen LogP contribution in [0.5, 0.6) is 0 Å². The van der Waals surface area contributed by atoms with Gasteiger partial charge in [0.05, 0.1) is 6.61 Å². The largest absolute Gasteiger partial charge is 0.383 e. The highest BCUT2D eigenvalue weighted by atomic mass is 16.5. The molecular formula is C25H35N3O. The van der Waals surface area contributed by atoms with E-state index in [4.69, 9.17) is 4.74 Å². The van der Waals surface area contributed by atoms with Gasteiger partial charge in [0.15, 0.2) is 0 Å². The van der Waals surface area contributed by atoms with Crippen LogP contribution < -0.4 is 5.43 Å². The molecule has 0 spiro atoms. The third-order valence-electron chi connectivity index (χ3n) is 5.51. The molecule has 156 valence electrons. The van der Waals surface area contributed by atoms with Gasteiger partial charge in [0.1, 0.15) is 0 Å². The Kier molecular flexibility index (Phi) is 8.90. The molecule has 2 aromatic rings. The average Bonchev–Trinajstić information content (AvgIpc) is 3.17. The lowest BCUT2D eigenvalue weighted by molar-refractivity contribution is 0.0622. The minimum absolute atomic E-state index is 0.331. The number of ether oxygens (including phenoxy) is 1. The zero-order valence-corrected chi connectivity index (χ0v) is 17.7. The molecule has 0 amide bonds. The van der Waals surface area contributed by atoms with E-state index in [1.54, 1.807) is 7.11 Å². The molecule has 4 nitrogen and oxygen atoms in total. The Bertz CT molecular complexity index is 665. The lowest BCUT2D eigenvalue weighted by Gasteiger charge is -2.33. The van der Waals surface area contributed by atoms with E-state index in [1.807, 2.05) is 6.08 Å². The Labute approximate surface area is 176 Å². The van der Waals surface area contributed by atoms with Crippen molar-refractivity contribution in [3.05, 3.63) is 84.4 Å². The maximum atomic E-state index is 5.42. The van der Waals surface area contributed by atoms with Crippen LogP contribution in [0.3, 0.4) is 0 Å². The van der Waals surface area contributed by atoms with Crippen molar-refractivity contribution in [2.24, 2.45) is 0 Å². The van der Waals surface area contributed by atoms with E-state index in [0.29, 0.717) is 12.1 Å². The predicted molar refractivity (Wildman–Crippen MR) is 120 cm³/mol. The molecule has 1 aliphatic heterocycles. The van der Waals surface area contributed by atoms with Gasteiger partial charge in [0.25, 0.3) is 0 Å². The number of rotatable bonds is 12. The second kappa shape index (κ2) is 11.9. The Balaban J connectivity index is 1.69. The number of hydrogen-bond acceptors (Lipinski definition) is 4. The van der Waals surface area contributed by atoms with E-state index in [1.165, 1.54) is 24.0 Å². The van der Waals surface area contributed by atoms with Gasteiger partial charge in [-0.1, -0.05) is 66.7 Å². The summed E-state index contributed by atoms with van der Waals surface area (Å²) in [5.41, 5.74) is 6.49. The van der Waals surface area contributed by atoms with Crippen molar-refractivity contribution in [2.45, 2.75) is 44.4 Å². The van der Waals surface area contributed by atoms with Gasteiger partial charge in [-0.25, -0.2) is 5.01 Å². The molecule has 29 heavy (non-hydrogen) atoms. The molecule has 2 atom stereocenters. The second-order valence-corrected chi connectivity index (χ2v) is 7.94. The molecule has 1 saturated heterocycles. The number of hydrazine groups is 1. The van der Waals surface area contributed by atoms with Gasteiger partial charge in [0.2, 0.25) is 0 Å². The van der Waals surface area contributed by atoms with Crippen LogP contribution in [0.4, 0.5) is 0 Å². The number of benzene rings is 2. The first kappa shape index (κ1) is 21.7. The summed E-state index contributed by atoms with van der Waals surface area (Å²) in [6, 6.07) is 22.3. The SMILES string of the molecule is C=CC[C@H](CN(Cc1ccccc1)Cc1ccccc1)NN1CCC[C@H]1COC. The molecule has 1 heterocycles. The Morgan fingerprint density at radius 2 is 1.72 bits per heavy atom. The molecule has 1 aliphatic rings. The smallest absolute Gasteiger partial charge is 0.0632 e. The summed E-state index contributed by atoms with van der Waals surface area (Å²) in [6.07, 6.45) is 5.39. The molecule has 0 bridgehead atoms. The van der Waals surface area contributed by atoms with Crippen molar-refractivity contribution in [3.8, 4) is 0 Å². The minimum atomic E-state index is 0.331. The van der Waals surface area contributed by atoms with Crippen LogP contribution in [0.1, 0.15) is 30.4 Å². The number of hydrogen-bond donors (Lipinski definition) is 1. The Morgan fingerprint density at radius 1 is 1.10 bits per heavy atom. The van der Waals surface area contributed by atoms with E-state index in [2.05, 4.69) is 82.6 Å². The van der Waals surface area contributed by atoms with Crippen LogP contribution in [-0.2, 0) is 17.8 Å². The van der Waals surface area contributed by atoms with Crippen molar-refractivity contribution >= 4 is 0 Å². The predicted octanol–water partition coefficient (Wildman–Crippen LogP) is 4.25. The fourth-order valence-electron chi connectivity index (χ4n) is 4.15. The highest BCUT2D eigenvalue weighted by molar-refractivity contribution is 5.17. The van der Waals surface area contributed by atoms with Gasteiger partial charge in [-0.05, 0) is 30.4 Å². The minimum Gasteiger partial charge on any atom is -0.383 e. The molecule has 0 radical (unpaired) electrons. The van der Waals surface area contributed by atoms with Gasteiger partial charge in [-0.2, -0.15) is 0 Å². The average molecular weight is 394 g/mol. The molecule has 2 aromatic carbocycles. The van der Waals surface area contributed by atoms with Crippen molar-refractivity contribution in [1.29, 1.82) is 0 Å². The number of nitrogens with zero attached hydrogens (tertiary/aromatic N) is 2. The zero-order chi connectivity index (χ0) is 20.3. The standard InChI is InChI=1S/C25H35N3O/c1-3-11-24(26-28-17-10-16-25(28)21-29-2)20-27(18-22-12-6-4-7-13-22)19-23-14-8-5-9-15-23/h3-9,12-15,24-26H,1,10-11,16-21H2,2H3/t24-,25+/m1/s1. The first-order valence-corrected chi connectivity index (χ1v) is 10.7. The van der Waals surface area contributed by atoms with E-state index in [9.17, 15) is 0 Å². The topological polar surface area (TPSA) is 27.7 Å². The summed E-state index contributed by atoms with van der Waals surface area (Å²) >= 11 is 0. The number of nitrogens with one attached hydrogen (secondary N) is 1. The summed E-state index contributed by atoms with van der Waals surface area (Å²) in [5.74, 6) is 0. The molecule has 0 aliphatic carbocycles. The van der Waals surface area contributed by atoms with Crippen molar-refractivity contribution in [1.82, 2.24) is 15.3 Å². The van der Waals surface area contributed by atoms with Gasteiger partial charge in [-0.3, -0.25) is 10.3 Å². The zero-order valence-electron chi connectivity index (χ0n) is 17.7. The van der Waals surface area contributed by atoms with Crippen LogP contribution in [-0.4, -0.2) is 48.8 Å². The van der Waals surface area contributed by atoms with E-state index in [-0.39, 0.29) is 0 Å². The van der Waals surface area contributed by atoms with Crippen LogP contribution in [0.15, 0.2) is 73.3 Å². The van der Waals surface area contributed by atoms with Crippen molar-refractivity contribution in [3.63, 3.8) is 0 Å². The first-order chi connectivity index (χ1) is 14.3. The van der Waals surface area contributed by atoms with Gasteiger partial charge in [-0.15, -0.1) is 6.58 Å². The maximum absolute atomic E-state index is 5.42. The summed E-state index contributed by atoms with van der Waals surface area (Å²) in [7, 11) is 1.79. The monoisotopic (exact) mass is 393 g/mol. The molecule has 1 fully saturated rings. The first-order valence-electron chi connectivity index (χ1n) is 10.7. The normalized spacial score (nSPS) is 18.2. The number of methoxy groups -OCH3 is 1. The highest BCUT2D eigenvalue weighted by Gasteiger charge is 2.27. The highest BCUT2D eigenvalue weighted by Crippen LogP contribution is 2.17. The third kappa shape index (κ3) is 7.09. The molecule has 4 heteroatoms. The van der Waals surface area contributed by atoms with Crippen LogP contribution >= 0.6 is 0 Å². The lowest BCUT2D eigenvalue weighted by atomic mass is 10.1. The third-order valence-corrected chi connectivity index (χ3v) is 5.51. The Morgan fingerprint density at radius 3 is 2.28 bits per heavy atom. The summed E-state index contributed by atoms with van der Waals surface area (Å²) in [5, 5.41) is 2.39. The van der Waals surface area contributed by atoms with Crippen LogP contribution in [0.2, 0.25) is 0 Å². The fraction of sp³-hybridized carbons (Fsp3) is 0.440. The van der Waals surface area contributed by atoms with Crippen LogP contribution in [0.25, 0.3) is 0 Å². The molecular weight excluding hydrogens is 358 g/mol. The Hall–Kier alpha value is -1.98. The van der Waals surface area contributed by atoms with Crippen LogP contribution in [0, 0.1) is 0 Å². The van der Waals surface area contributed by atoms with E-state index in [0.717, 1.165) is 39.2 Å². The van der Waals surface area contributed by atoms with E-state index >= 15 is 0 Å². The second-order valence-electron chi connectivity index (χ2n) is 7.94. The van der Waals surface area contributed by atoms with E-state index < -0.39 is 0 Å². The molecule has 1 N–H and O–H groups in total. The fourth-order valence-corrected chi connectivity index (χ4v) is 4.15. The molecule has 0 unspecified atom stereocenters. The lowest BCUT2D eigenvalue weighted by Crippen LogP contribution is -2.52. The van der Waals surface area contributed by atoms with Gasteiger partial charge >= 0.3 is 0 Å². The summed E-state index contributed by atoms with van der Waals surface area (Å²) in [4.78, 5) is 2.53. The van der Waals surface area contributed by atoms with Crippen molar-refractivity contribution in [2.75, 3.05) is 26.8 Å².